The van der Waals surface area contributed by atoms with Gasteiger partial charge in [0.2, 0.25) is 0 Å². The zero-order valence-electron chi connectivity index (χ0n) is 17.6. The van der Waals surface area contributed by atoms with Crippen LogP contribution in [0.2, 0.25) is 0 Å². The van der Waals surface area contributed by atoms with Gasteiger partial charge in [-0.05, 0) is 50.5 Å². The summed E-state index contributed by atoms with van der Waals surface area (Å²) >= 11 is 1.41. The van der Waals surface area contributed by atoms with Gasteiger partial charge in [-0.1, -0.05) is 19.4 Å². The predicted octanol–water partition coefficient (Wildman–Crippen LogP) is 4.73. The lowest BCUT2D eigenvalue weighted by Crippen LogP contribution is -2.22. The van der Waals surface area contributed by atoms with Crippen LogP contribution in [0.15, 0.2) is 18.2 Å². The SMILES string of the molecule is CCCCOc1ccc(CNC(=O)c2sc3nc(C)nc(C)c3c2C)cc1OC. The molecular formula is C22H27N3O3S. The van der Waals surface area contributed by atoms with Crippen molar-refractivity contribution in [3.05, 3.63) is 45.7 Å². The zero-order chi connectivity index (χ0) is 21.0. The van der Waals surface area contributed by atoms with Crippen molar-refractivity contribution in [2.45, 2.75) is 47.1 Å². The molecule has 154 valence electrons. The van der Waals surface area contributed by atoms with Crippen molar-refractivity contribution in [3.8, 4) is 11.5 Å². The first-order valence-electron chi connectivity index (χ1n) is 9.76. The van der Waals surface area contributed by atoms with Crippen molar-refractivity contribution in [2.24, 2.45) is 0 Å². The fourth-order valence-corrected chi connectivity index (χ4v) is 4.41. The van der Waals surface area contributed by atoms with Gasteiger partial charge in [0.15, 0.2) is 11.5 Å². The van der Waals surface area contributed by atoms with Crippen LogP contribution in [0.25, 0.3) is 10.2 Å². The first kappa shape index (κ1) is 21.0. The number of aryl methyl sites for hydroxylation is 3. The smallest absolute Gasteiger partial charge is 0.261 e. The van der Waals surface area contributed by atoms with E-state index < -0.39 is 0 Å². The number of benzene rings is 1. The zero-order valence-corrected chi connectivity index (χ0v) is 18.4. The second-order valence-corrected chi connectivity index (χ2v) is 7.96. The van der Waals surface area contributed by atoms with E-state index in [-0.39, 0.29) is 5.91 Å². The van der Waals surface area contributed by atoms with Crippen LogP contribution in [0, 0.1) is 20.8 Å². The highest BCUT2D eigenvalue weighted by atomic mass is 32.1. The summed E-state index contributed by atoms with van der Waals surface area (Å²) in [6, 6.07) is 5.74. The maximum atomic E-state index is 12.8. The second kappa shape index (κ2) is 9.22. The largest absolute Gasteiger partial charge is 0.493 e. The Kier molecular flexibility index (Phi) is 6.69. The van der Waals surface area contributed by atoms with E-state index in [1.807, 2.05) is 39.0 Å². The number of thiophene rings is 1. The minimum atomic E-state index is -0.107. The summed E-state index contributed by atoms with van der Waals surface area (Å²) < 4.78 is 11.2. The van der Waals surface area contributed by atoms with Crippen LogP contribution in [-0.2, 0) is 6.54 Å². The van der Waals surface area contributed by atoms with E-state index in [1.54, 1.807) is 7.11 Å². The molecular weight excluding hydrogens is 386 g/mol. The number of methoxy groups -OCH3 is 1. The third kappa shape index (κ3) is 4.67. The Balaban J connectivity index is 1.73. The molecule has 0 unspecified atom stereocenters. The predicted molar refractivity (Wildman–Crippen MR) is 116 cm³/mol. The Labute approximate surface area is 175 Å². The Bertz CT molecular complexity index is 1030. The molecule has 1 aromatic carbocycles. The molecule has 0 radical (unpaired) electrons. The summed E-state index contributed by atoms with van der Waals surface area (Å²) in [7, 11) is 1.62. The van der Waals surface area contributed by atoms with Gasteiger partial charge in [0, 0.05) is 17.6 Å². The second-order valence-electron chi connectivity index (χ2n) is 6.96. The fraction of sp³-hybridized carbons (Fsp3) is 0.409. The molecule has 0 spiro atoms. The molecule has 0 aliphatic rings. The highest BCUT2D eigenvalue weighted by Gasteiger charge is 2.18. The van der Waals surface area contributed by atoms with Gasteiger partial charge in [0.25, 0.3) is 5.91 Å². The lowest BCUT2D eigenvalue weighted by Gasteiger charge is -2.12. The minimum absolute atomic E-state index is 0.107. The van der Waals surface area contributed by atoms with Gasteiger partial charge in [-0.3, -0.25) is 4.79 Å². The molecule has 0 fully saturated rings. The number of carbonyl (C=O) groups is 1. The van der Waals surface area contributed by atoms with Crippen molar-refractivity contribution < 1.29 is 14.3 Å². The number of amides is 1. The van der Waals surface area contributed by atoms with Crippen molar-refractivity contribution in [1.82, 2.24) is 15.3 Å². The standard InChI is InChI=1S/C22H27N3O3S/c1-6-7-10-28-17-9-8-16(11-18(17)27-5)12-23-21(26)20-13(2)19-14(3)24-15(4)25-22(19)29-20/h8-9,11H,6-7,10,12H2,1-5H3,(H,23,26). The number of hydrogen-bond donors (Lipinski definition) is 1. The normalized spacial score (nSPS) is 10.9. The molecule has 6 nitrogen and oxygen atoms in total. The Morgan fingerprint density at radius 3 is 2.69 bits per heavy atom. The highest BCUT2D eigenvalue weighted by molar-refractivity contribution is 7.20. The van der Waals surface area contributed by atoms with Crippen LogP contribution in [0.3, 0.4) is 0 Å². The average molecular weight is 414 g/mol. The number of ether oxygens (including phenoxy) is 2. The average Bonchev–Trinajstić information content (AvgIpc) is 3.03. The quantitative estimate of drug-likeness (QED) is 0.540. The summed E-state index contributed by atoms with van der Waals surface area (Å²) in [5.74, 6) is 2.01. The van der Waals surface area contributed by atoms with Gasteiger partial charge >= 0.3 is 0 Å². The molecule has 0 saturated carbocycles. The van der Waals surface area contributed by atoms with Crippen LogP contribution >= 0.6 is 11.3 Å². The molecule has 3 rings (SSSR count). The molecule has 29 heavy (non-hydrogen) atoms. The molecule has 0 bridgehead atoms. The Morgan fingerprint density at radius 1 is 1.17 bits per heavy atom. The molecule has 1 amide bonds. The summed E-state index contributed by atoms with van der Waals surface area (Å²) in [6.45, 7) is 8.96. The summed E-state index contributed by atoms with van der Waals surface area (Å²) in [5.41, 5.74) is 2.78. The third-order valence-electron chi connectivity index (χ3n) is 4.73. The molecule has 7 heteroatoms. The number of rotatable bonds is 8. The van der Waals surface area contributed by atoms with E-state index in [1.165, 1.54) is 11.3 Å². The van der Waals surface area contributed by atoms with E-state index in [0.717, 1.165) is 51.5 Å². The van der Waals surface area contributed by atoms with Gasteiger partial charge in [0.1, 0.15) is 10.7 Å². The van der Waals surface area contributed by atoms with Gasteiger partial charge in [-0.15, -0.1) is 11.3 Å². The Hall–Kier alpha value is -2.67. The maximum absolute atomic E-state index is 12.8. The highest BCUT2D eigenvalue weighted by Crippen LogP contribution is 2.31. The minimum Gasteiger partial charge on any atom is -0.493 e. The van der Waals surface area contributed by atoms with Crippen LogP contribution in [0.1, 0.15) is 52.1 Å². The lowest BCUT2D eigenvalue weighted by atomic mass is 10.1. The van der Waals surface area contributed by atoms with Gasteiger partial charge in [-0.2, -0.15) is 0 Å². The first-order valence-corrected chi connectivity index (χ1v) is 10.6. The molecule has 3 aromatic rings. The number of hydrogen-bond acceptors (Lipinski definition) is 6. The van der Waals surface area contributed by atoms with Crippen molar-refractivity contribution >= 4 is 27.5 Å². The number of carbonyl (C=O) groups excluding carboxylic acids is 1. The number of unbranched alkanes of at least 4 members (excludes halogenated alkanes) is 1. The number of nitrogens with one attached hydrogen (secondary N) is 1. The van der Waals surface area contributed by atoms with Crippen molar-refractivity contribution in [1.29, 1.82) is 0 Å². The Morgan fingerprint density at radius 2 is 1.97 bits per heavy atom. The number of aromatic nitrogens is 2. The summed E-state index contributed by atoms with van der Waals surface area (Å²) in [4.78, 5) is 23.2. The molecule has 0 aliphatic heterocycles. The van der Waals surface area contributed by atoms with Crippen LogP contribution in [0.4, 0.5) is 0 Å². The van der Waals surface area contributed by atoms with Gasteiger partial charge in [-0.25, -0.2) is 9.97 Å². The monoisotopic (exact) mass is 413 g/mol. The topological polar surface area (TPSA) is 73.3 Å². The first-order chi connectivity index (χ1) is 13.9. The lowest BCUT2D eigenvalue weighted by molar-refractivity contribution is 0.0954. The van der Waals surface area contributed by atoms with E-state index >= 15 is 0 Å². The third-order valence-corrected chi connectivity index (χ3v) is 5.91. The van der Waals surface area contributed by atoms with E-state index in [0.29, 0.717) is 23.8 Å². The maximum Gasteiger partial charge on any atom is 0.261 e. The van der Waals surface area contributed by atoms with E-state index in [9.17, 15) is 4.79 Å². The number of fused-ring (bicyclic) bond motifs is 1. The summed E-state index contributed by atoms with van der Waals surface area (Å²) in [5, 5.41) is 3.97. The number of nitrogens with zero attached hydrogens (tertiary/aromatic N) is 2. The van der Waals surface area contributed by atoms with Crippen molar-refractivity contribution in [2.75, 3.05) is 13.7 Å². The molecule has 0 aliphatic carbocycles. The van der Waals surface area contributed by atoms with Gasteiger partial charge in [0.05, 0.1) is 18.6 Å². The van der Waals surface area contributed by atoms with Crippen LogP contribution < -0.4 is 14.8 Å². The summed E-state index contributed by atoms with van der Waals surface area (Å²) in [6.07, 6.45) is 2.08. The molecule has 0 atom stereocenters. The van der Waals surface area contributed by atoms with Crippen molar-refractivity contribution in [3.63, 3.8) is 0 Å². The molecule has 0 saturated heterocycles. The van der Waals surface area contributed by atoms with E-state index in [4.69, 9.17) is 9.47 Å². The molecule has 2 heterocycles. The van der Waals surface area contributed by atoms with Crippen LogP contribution in [0.5, 0.6) is 11.5 Å². The molecule has 2 aromatic heterocycles. The van der Waals surface area contributed by atoms with E-state index in [2.05, 4.69) is 22.2 Å². The van der Waals surface area contributed by atoms with Gasteiger partial charge < -0.3 is 14.8 Å². The fourth-order valence-electron chi connectivity index (χ4n) is 3.22. The van der Waals surface area contributed by atoms with Crippen LogP contribution in [-0.4, -0.2) is 29.6 Å². The molecule has 1 N–H and O–H groups in total.